The van der Waals surface area contributed by atoms with Crippen LogP contribution in [0.25, 0.3) is 10.9 Å². The Morgan fingerprint density at radius 3 is 2.42 bits per heavy atom. The van der Waals surface area contributed by atoms with Crippen LogP contribution in [-0.2, 0) is 17.9 Å². The summed E-state index contributed by atoms with van der Waals surface area (Å²) in [4.78, 5) is 38.1. The van der Waals surface area contributed by atoms with E-state index >= 15 is 0 Å². The van der Waals surface area contributed by atoms with Crippen molar-refractivity contribution in [2.45, 2.75) is 72.5 Å². The standard InChI is InChI=1S/C20H29N3O3/c1-6-7-8-11-22-16-10-9-14(2)12-15(16)18(25)23(19(22)26)13-17(24)21-20(3,4)5/h9-10,12H,6-8,11,13H2,1-5H3,(H,21,24). The number of fused-ring (bicyclic) bond motifs is 1. The predicted molar refractivity (Wildman–Crippen MR) is 105 cm³/mol. The smallest absolute Gasteiger partial charge is 0.331 e. The Kier molecular flexibility index (Phi) is 6.05. The van der Waals surface area contributed by atoms with Gasteiger partial charge >= 0.3 is 5.69 Å². The summed E-state index contributed by atoms with van der Waals surface area (Å²) in [5, 5.41) is 3.28. The highest BCUT2D eigenvalue weighted by Crippen LogP contribution is 2.12. The summed E-state index contributed by atoms with van der Waals surface area (Å²) in [5.41, 5.74) is 0.318. The second-order valence-corrected chi connectivity index (χ2v) is 7.85. The molecule has 0 unspecified atom stereocenters. The number of aryl methyl sites for hydroxylation is 2. The van der Waals surface area contributed by atoms with Crippen LogP contribution in [0.5, 0.6) is 0 Å². The zero-order valence-corrected chi connectivity index (χ0v) is 16.4. The minimum atomic E-state index is -0.425. The van der Waals surface area contributed by atoms with Gasteiger partial charge in [0.2, 0.25) is 5.91 Å². The van der Waals surface area contributed by atoms with E-state index in [1.165, 1.54) is 0 Å². The van der Waals surface area contributed by atoms with Gasteiger partial charge in [-0.15, -0.1) is 0 Å². The second-order valence-electron chi connectivity index (χ2n) is 7.85. The van der Waals surface area contributed by atoms with E-state index in [2.05, 4.69) is 12.2 Å². The van der Waals surface area contributed by atoms with E-state index in [0.29, 0.717) is 17.4 Å². The summed E-state index contributed by atoms with van der Waals surface area (Å²) >= 11 is 0. The van der Waals surface area contributed by atoms with Crippen molar-refractivity contribution in [2.75, 3.05) is 0 Å². The summed E-state index contributed by atoms with van der Waals surface area (Å²) in [7, 11) is 0. The maximum Gasteiger partial charge on any atom is 0.331 e. The number of amides is 1. The van der Waals surface area contributed by atoms with Gasteiger partial charge in [-0.25, -0.2) is 4.79 Å². The third kappa shape index (κ3) is 4.62. The quantitative estimate of drug-likeness (QED) is 0.806. The molecule has 1 N–H and O–H groups in total. The van der Waals surface area contributed by atoms with Crippen LogP contribution in [0.2, 0.25) is 0 Å². The Bertz CT molecular complexity index is 917. The Morgan fingerprint density at radius 1 is 1.12 bits per heavy atom. The fourth-order valence-corrected chi connectivity index (χ4v) is 3.01. The molecule has 0 atom stereocenters. The molecule has 26 heavy (non-hydrogen) atoms. The Labute approximate surface area is 153 Å². The first-order valence-electron chi connectivity index (χ1n) is 9.19. The molecule has 2 aromatic rings. The summed E-state index contributed by atoms with van der Waals surface area (Å²) in [6.07, 6.45) is 2.90. The number of nitrogens with zero attached hydrogens (tertiary/aromatic N) is 2. The average Bonchev–Trinajstić information content (AvgIpc) is 2.53. The molecule has 0 saturated carbocycles. The van der Waals surface area contributed by atoms with E-state index in [1.54, 1.807) is 10.6 Å². The molecule has 1 amide bonds. The van der Waals surface area contributed by atoms with E-state index in [1.807, 2.05) is 39.8 Å². The van der Waals surface area contributed by atoms with Gasteiger partial charge in [-0.1, -0.05) is 31.4 Å². The van der Waals surface area contributed by atoms with Crippen molar-refractivity contribution < 1.29 is 4.79 Å². The number of carbonyl (C=O) groups excluding carboxylic acids is 1. The van der Waals surface area contributed by atoms with Crippen LogP contribution in [0.4, 0.5) is 0 Å². The van der Waals surface area contributed by atoms with Crippen LogP contribution in [0.15, 0.2) is 27.8 Å². The summed E-state index contributed by atoms with van der Waals surface area (Å²) in [6, 6.07) is 5.50. The fourth-order valence-electron chi connectivity index (χ4n) is 3.01. The van der Waals surface area contributed by atoms with Crippen molar-refractivity contribution in [3.05, 3.63) is 44.6 Å². The van der Waals surface area contributed by atoms with Crippen LogP contribution in [0.3, 0.4) is 0 Å². The van der Waals surface area contributed by atoms with Crippen LogP contribution in [-0.4, -0.2) is 20.6 Å². The molecule has 6 heteroatoms. The SMILES string of the molecule is CCCCCn1c(=O)n(CC(=O)NC(C)(C)C)c(=O)c2cc(C)ccc21. The number of unbranched alkanes of at least 4 members (excludes halogenated alkanes) is 2. The van der Waals surface area contributed by atoms with Crippen molar-refractivity contribution in [3.63, 3.8) is 0 Å². The Morgan fingerprint density at radius 2 is 1.81 bits per heavy atom. The minimum absolute atomic E-state index is 0.271. The molecule has 1 aromatic heterocycles. The third-order valence-electron chi connectivity index (χ3n) is 4.18. The molecular formula is C20H29N3O3. The molecule has 1 heterocycles. The van der Waals surface area contributed by atoms with E-state index in [0.717, 1.165) is 29.4 Å². The van der Waals surface area contributed by atoms with Gasteiger partial charge in [0.1, 0.15) is 6.54 Å². The lowest BCUT2D eigenvalue weighted by Crippen LogP contribution is -2.47. The van der Waals surface area contributed by atoms with Crippen LogP contribution in [0.1, 0.15) is 52.5 Å². The van der Waals surface area contributed by atoms with Gasteiger partial charge in [0.15, 0.2) is 0 Å². The van der Waals surface area contributed by atoms with Gasteiger partial charge in [0, 0.05) is 12.1 Å². The molecule has 0 fully saturated rings. The molecular weight excluding hydrogens is 330 g/mol. The normalized spacial score (nSPS) is 11.7. The van der Waals surface area contributed by atoms with Gasteiger partial charge in [-0.3, -0.25) is 18.7 Å². The summed E-state index contributed by atoms with van der Waals surface area (Å²) in [6.45, 7) is 9.85. The van der Waals surface area contributed by atoms with E-state index in [9.17, 15) is 14.4 Å². The molecule has 0 bridgehead atoms. The monoisotopic (exact) mass is 359 g/mol. The lowest BCUT2D eigenvalue weighted by molar-refractivity contribution is -0.123. The van der Waals surface area contributed by atoms with E-state index in [4.69, 9.17) is 0 Å². The third-order valence-corrected chi connectivity index (χ3v) is 4.18. The number of benzene rings is 1. The number of carbonyl (C=O) groups is 1. The lowest BCUT2D eigenvalue weighted by Gasteiger charge is -2.21. The first-order valence-corrected chi connectivity index (χ1v) is 9.19. The molecule has 1 aromatic carbocycles. The van der Waals surface area contributed by atoms with Crippen LogP contribution < -0.4 is 16.6 Å². The molecule has 0 aliphatic rings. The van der Waals surface area contributed by atoms with Gasteiger partial charge in [-0.2, -0.15) is 0 Å². The van der Waals surface area contributed by atoms with Crippen molar-refractivity contribution in [2.24, 2.45) is 0 Å². The Hall–Kier alpha value is -2.37. The zero-order valence-electron chi connectivity index (χ0n) is 16.4. The summed E-state index contributed by atoms with van der Waals surface area (Å²) in [5.74, 6) is -0.344. The van der Waals surface area contributed by atoms with Crippen molar-refractivity contribution in [1.29, 1.82) is 0 Å². The minimum Gasteiger partial charge on any atom is -0.350 e. The van der Waals surface area contributed by atoms with Crippen LogP contribution in [0, 0.1) is 6.92 Å². The highest BCUT2D eigenvalue weighted by molar-refractivity contribution is 5.80. The number of nitrogens with one attached hydrogen (secondary N) is 1. The summed E-state index contributed by atoms with van der Waals surface area (Å²) < 4.78 is 2.67. The number of aromatic nitrogens is 2. The highest BCUT2D eigenvalue weighted by atomic mass is 16.2. The molecule has 142 valence electrons. The van der Waals surface area contributed by atoms with Gasteiger partial charge in [-0.05, 0) is 46.2 Å². The largest absolute Gasteiger partial charge is 0.350 e. The van der Waals surface area contributed by atoms with Gasteiger partial charge in [0.25, 0.3) is 5.56 Å². The average molecular weight is 359 g/mol. The van der Waals surface area contributed by atoms with E-state index in [-0.39, 0.29) is 12.5 Å². The topological polar surface area (TPSA) is 73.1 Å². The lowest BCUT2D eigenvalue weighted by atomic mass is 10.1. The maximum atomic E-state index is 12.9. The molecule has 0 aliphatic heterocycles. The molecule has 0 spiro atoms. The molecule has 0 radical (unpaired) electrons. The van der Waals surface area contributed by atoms with Crippen molar-refractivity contribution >= 4 is 16.8 Å². The molecule has 2 rings (SSSR count). The van der Waals surface area contributed by atoms with E-state index < -0.39 is 16.8 Å². The molecule has 0 saturated heterocycles. The Balaban J connectivity index is 2.57. The van der Waals surface area contributed by atoms with Crippen molar-refractivity contribution in [1.82, 2.24) is 14.5 Å². The molecule has 0 aliphatic carbocycles. The molecule has 6 nitrogen and oxygen atoms in total. The maximum absolute atomic E-state index is 12.9. The first-order chi connectivity index (χ1) is 12.1. The number of hydrogen-bond donors (Lipinski definition) is 1. The van der Waals surface area contributed by atoms with Gasteiger partial charge in [0.05, 0.1) is 10.9 Å². The predicted octanol–water partition coefficient (Wildman–Crippen LogP) is 2.58. The first kappa shape index (κ1) is 19.9. The zero-order chi connectivity index (χ0) is 19.5. The number of hydrogen-bond acceptors (Lipinski definition) is 3. The number of rotatable bonds is 6. The van der Waals surface area contributed by atoms with Crippen molar-refractivity contribution in [3.8, 4) is 0 Å². The second kappa shape index (κ2) is 7.89. The van der Waals surface area contributed by atoms with Gasteiger partial charge < -0.3 is 5.32 Å². The highest BCUT2D eigenvalue weighted by Gasteiger charge is 2.18. The van der Waals surface area contributed by atoms with Crippen LogP contribution >= 0.6 is 0 Å². The fraction of sp³-hybridized carbons (Fsp3) is 0.550.